The molecule has 1 unspecified atom stereocenters. The Morgan fingerprint density at radius 2 is 2.22 bits per heavy atom. The van der Waals surface area contributed by atoms with E-state index in [-0.39, 0.29) is 17.7 Å². The zero-order chi connectivity index (χ0) is 13.8. The van der Waals surface area contributed by atoms with E-state index in [0.717, 1.165) is 18.4 Å². The molecule has 0 spiro atoms. The second-order valence-electron chi connectivity index (χ2n) is 5.25. The summed E-state index contributed by atoms with van der Waals surface area (Å²) in [6.45, 7) is 10.0. The van der Waals surface area contributed by atoms with Gasteiger partial charge in [-0.25, -0.2) is 0 Å². The SMILES string of the molecule is CC/C=C/C1CC(C)=C(COC(C)=O)C(C)(C)O1. The van der Waals surface area contributed by atoms with Crippen LogP contribution in [-0.4, -0.2) is 24.3 Å². The summed E-state index contributed by atoms with van der Waals surface area (Å²) in [5.74, 6) is -0.251. The van der Waals surface area contributed by atoms with Crippen molar-refractivity contribution in [2.24, 2.45) is 0 Å². The standard InChI is InChI=1S/C15H24O3/c1-6-7-8-13-9-11(2)14(10-17-12(3)16)15(4,5)18-13/h7-8,13H,6,9-10H2,1-5H3/b8-7+. The van der Waals surface area contributed by atoms with Gasteiger partial charge < -0.3 is 9.47 Å². The normalized spacial score (nSPS) is 23.5. The van der Waals surface area contributed by atoms with Crippen molar-refractivity contribution in [2.75, 3.05) is 6.61 Å². The van der Waals surface area contributed by atoms with Crippen LogP contribution in [0, 0.1) is 0 Å². The van der Waals surface area contributed by atoms with Gasteiger partial charge in [0, 0.05) is 6.92 Å². The lowest BCUT2D eigenvalue weighted by molar-refractivity contribution is -0.141. The van der Waals surface area contributed by atoms with Gasteiger partial charge in [0.15, 0.2) is 0 Å². The van der Waals surface area contributed by atoms with Gasteiger partial charge in [-0.15, -0.1) is 0 Å². The van der Waals surface area contributed by atoms with Gasteiger partial charge in [-0.1, -0.05) is 24.6 Å². The molecule has 0 aromatic rings. The maximum atomic E-state index is 10.9. The van der Waals surface area contributed by atoms with Crippen LogP contribution in [0.25, 0.3) is 0 Å². The Bertz CT molecular complexity index is 364. The molecule has 1 atom stereocenters. The summed E-state index contributed by atoms with van der Waals surface area (Å²) in [5.41, 5.74) is 1.97. The highest BCUT2D eigenvalue weighted by Gasteiger charge is 2.33. The molecule has 1 aliphatic rings. The first-order chi connectivity index (χ1) is 8.36. The van der Waals surface area contributed by atoms with Gasteiger partial charge in [-0.05, 0) is 39.2 Å². The highest BCUT2D eigenvalue weighted by molar-refractivity contribution is 5.66. The van der Waals surface area contributed by atoms with E-state index >= 15 is 0 Å². The molecule has 1 rings (SSSR count). The predicted octanol–water partition coefficient (Wildman–Crippen LogP) is 3.40. The molecule has 3 nitrogen and oxygen atoms in total. The average molecular weight is 252 g/mol. The van der Waals surface area contributed by atoms with Crippen LogP contribution in [-0.2, 0) is 14.3 Å². The summed E-state index contributed by atoms with van der Waals surface area (Å²) < 4.78 is 11.2. The van der Waals surface area contributed by atoms with Crippen LogP contribution in [0.5, 0.6) is 0 Å². The molecule has 102 valence electrons. The van der Waals surface area contributed by atoms with E-state index in [2.05, 4.69) is 26.0 Å². The summed E-state index contributed by atoms with van der Waals surface area (Å²) in [6, 6.07) is 0. The Hall–Kier alpha value is -1.09. The minimum atomic E-state index is -0.374. The van der Waals surface area contributed by atoms with Crippen LogP contribution >= 0.6 is 0 Å². The van der Waals surface area contributed by atoms with Crippen LogP contribution in [0.2, 0.25) is 0 Å². The maximum Gasteiger partial charge on any atom is 0.302 e. The Labute approximate surface area is 110 Å². The highest BCUT2D eigenvalue weighted by Crippen LogP contribution is 2.34. The molecule has 1 heterocycles. The molecule has 0 aromatic carbocycles. The van der Waals surface area contributed by atoms with Crippen molar-refractivity contribution < 1.29 is 14.3 Å². The number of hydrogen-bond acceptors (Lipinski definition) is 3. The molecule has 0 aliphatic carbocycles. The molecule has 0 N–H and O–H groups in total. The van der Waals surface area contributed by atoms with Crippen molar-refractivity contribution in [1.29, 1.82) is 0 Å². The Morgan fingerprint density at radius 1 is 1.56 bits per heavy atom. The fourth-order valence-corrected chi connectivity index (χ4v) is 2.30. The van der Waals surface area contributed by atoms with Crippen molar-refractivity contribution in [3.63, 3.8) is 0 Å². The smallest absolute Gasteiger partial charge is 0.302 e. The Balaban J connectivity index is 2.82. The first-order valence-electron chi connectivity index (χ1n) is 6.53. The fraction of sp³-hybridized carbons (Fsp3) is 0.667. The fourth-order valence-electron chi connectivity index (χ4n) is 2.30. The second-order valence-corrected chi connectivity index (χ2v) is 5.25. The first-order valence-corrected chi connectivity index (χ1v) is 6.53. The van der Waals surface area contributed by atoms with Gasteiger partial charge in [0.25, 0.3) is 0 Å². The third-order valence-corrected chi connectivity index (χ3v) is 3.20. The van der Waals surface area contributed by atoms with Gasteiger partial charge >= 0.3 is 5.97 Å². The van der Waals surface area contributed by atoms with Crippen molar-refractivity contribution in [3.8, 4) is 0 Å². The molecular weight excluding hydrogens is 228 g/mol. The minimum absolute atomic E-state index is 0.126. The molecule has 0 aromatic heterocycles. The highest BCUT2D eigenvalue weighted by atomic mass is 16.5. The molecule has 18 heavy (non-hydrogen) atoms. The number of carbonyl (C=O) groups is 1. The molecule has 0 fully saturated rings. The molecule has 0 radical (unpaired) electrons. The number of esters is 1. The molecule has 0 bridgehead atoms. The lowest BCUT2D eigenvalue weighted by Gasteiger charge is -2.38. The molecule has 0 amide bonds. The van der Waals surface area contributed by atoms with E-state index < -0.39 is 0 Å². The van der Waals surface area contributed by atoms with Crippen LogP contribution in [0.15, 0.2) is 23.3 Å². The first kappa shape index (κ1) is 15.0. The largest absolute Gasteiger partial charge is 0.461 e. The van der Waals surface area contributed by atoms with Crippen molar-refractivity contribution in [1.82, 2.24) is 0 Å². The van der Waals surface area contributed by atoms with Crippen molar-refractivity contribution >= 4 is 5.97 Å². The third kappa shape index (κ3) is 3.98. The van der Waals surface area contributed by atoms with Gasteiger partial charge in [0.1, 0.15) is 6.61 Å². The van der Waals surface area contributed by atoms with Gasteiger partial charge in [0.2, 0.25) is 0 Å². The monoisotopic (exact) mass is 252 g/mol. The van der Waals surface area contributed by atoms with Gasteiger partial charge in [-0.2, -0.15) is 0 Å². The van der Waals surface area contributed by atoms with E-state index in [4.69, 9.17) is 9.47 Å². The number of ether oxygens (including phenoxy) is 2. The molecule has 0 saturated heterocycles. The number of allylic oxidation sites excluding steroid dienone is 1. The summed E-state index contributed by atoms with van der Waals surface area (Å²) in [4.78, 5) is 10.9. The summed E-state index contributed by atoms with van der Waals surface area (Å²) in [5, 5.41) is 0. The molecule has 0 saturated carbocycles. The minimum Gasteiger partial charge on any atom is -0.461 e. The third-order valence-electron chi connectivity index (χ3n) is 3.20. The Kier molecular flexibility index (Phi) is 5.15. The summed E-state index contributed by atoms with van der Waals surface area (Å²) >= 11 is 0. The van der Waals surface area contributed by atoms with E-state index in [1.54, 1.807) is 0 Å². The Morgan fingerprint density at radius 3 is 2.72 bits per heavy atom. The topological polar surface area (TPSA) is 35.5 Å². The zero-order valence-electron chi connectivity index (χ0n) is 12.1. The van der Waals surface area contributed by atoms with Gasteiger partial charge in [-0.3, -0.25) is 4.79 Å². The summed E-state index contributed by atoms with van der Waals surface area (Å²) in [6.07, 6.45) is 6.26. The van der Waals surface area contributed by atoms with Crippen LogP contribution < -0.4 is 0 Å². The van der Waals surface area contributed by atoms with E-state index in [9.17, 15) is 4.79 Å². The van der Waals surface area contributed by atoms with E-state index in [0.29, 0.717) is 6.61 Å². The maximum absolute atomic E-state index is 10.9. The van der Waals surface area contributed by atoms with Crippen molar-refractivity contribution in [3.05, 3.63) is 23.3 Å². The second kappa shape index (κ2) is 6.19. The number of hydrogen-bond donors (Lipinski definition) is 0. The van der Waals surface area contributed by atoms with Crippen LogP contribution in [0.3, 0.4) is 0 Å². The van der Waals surface area contributed by atoms with E-state index in [1.807, 2.05) is 13.8 Å². The lowest BCUT2D eigenvalue weighted by atomic mass is 9.87. The zero-order valence-corrected chi connectivity index (χ0v) is 12.1. The molecule has 1 aliphatic heterocycles. The van der Waals surface area contributed by atoms with Crippen LogP contribution in [0.1, 0.15) is 47.5 Å². The van der Waals surface area contributed by atoms with Gasteiger partial charge in [0.05, 0.1) is 11.7 Å². The lowest BCUT2D eigenvalue weighted by Crippen LogP contribution is -2.39. The summed E-state index contributed by atoms with van der Waals surface area (Å²) in [7, 11) is 0. The average Bonchev–Trinajstić information content (AvgIpc) is 2.23. The van der Waals surface area contributed by atoms with Crippen molar-refractivity contribution in [2.45, 2.75) is 59.2 Å². The van der Waals surface area contributed by atoms with Crippen LogP contribution in [0.4, 0.5) is 0 Å². The number of rotatable bonds is 4. The number of carbonyl (C=O) groups excluding carboxylic acids is 1. The molecular formula is C15H24O3. The molecule has 3 heteroatoms. The quantitative estimate of drug-likeness (QED) is 0.568. The van der Waals surface area contributed by atoms with E-state index in [1.165, 1.54) is 12.5 Å². The predicted molar refractivity (Wildman–Crippen MR) is 72.3 cm³/mol.